The number of carbonyl (C=O) groups excluding carboxylic acids is 2. The molecule has 0 saturated carbocycles. The van der Waals surface area contributed by atoms with Crippen LogP contribution < -0.4 is 15.8 Å². The van der Waals surface area contributed by atoms with E-state index in [0.717, 1.165) is 49.3 Å². The summed E-state index contributed by atoms with van der Waals surface area (Å²) < 4.78 is 0. The first kappa shape index (κ1) is 19.1. The molecule has 0 aliphatic carbocycles. The molecule has 5 rings (SSSR count). The minimum Gasteiger partial charge on any atom is -0.384 e. The molecule has 0 spiro atoms. The Bertz CT molecular complexity index is 966. The van der Waals surface area contributed by atoms with Gasteiger partial charge < -0.3 is 10.2 Å². The number of fused-ring (bicyclic) bond motifs is 3. The molecular weight excluding hydrogens is 376 g/mol. The molecule has 2 unspecified atom stereocenters. The maximum absolute atomic E-state index is 13.1. The third-order valence-electron chi connectivity index (χ3n) is 6.60. The van der Waals surface area contributed by atoms with Crippen LogP contribution in [0.25, 0.3) is 0 Å². The van der Waals surface area contributed by atoms with E-state index in [1.54, 1.807) is 5.01 Å². The Balaban J connectivity index is 1.42. The highest BCUT2D eigenvalue weighted by Gasteiger charge is 2.44. The van der Waals surface area contributed by atoms with Crippen LogP contribution in [0.2, 0.25) is 0 Å². The molecule has 6 heteroatoms. The quantitative estimate of drug-likeness (QED) is 0.822. The molecule has 0 radical (unpaired) electrons. The van der Waals surface area contributed by atoms with E-state index in [4.69, 9.17) is 0 Å². The predicted molar refractivity (Wildman–Crippen MR) is 117 cm³/mol. The van der Waals surface area contributed by atoms with Gasteiger partial charge in [-0.15, -0.1) is 0 Å². The Kier molecular flexibility index (Phi) is 4.95. The fourth-order valence-electron chi connectivity index (χ4n) is 4.79. The first-order valence-electron chi connectivity index (χ1n) is 11.0. The largest absolute Gasteiger partial charge is 0.384 e. The van der Waals surface area contributed by atoms with Crippen LogP contribution in [0.15, 0.2) is 42.5 Å². The van der Waals surface area contributed by atoms with Crippen molar-refractivity contribution < 1.29 is 9.59 Å². The molecule has 2 fully saturated rings. The van der Waals surface area contributed by atoms with Crippen molar-refractivity contribution in [3.05, 3.63) is 59.2 Å². The number of nitrogens with zero attached hydrogens (tertiary/aromatic N) is 2. The van der Waals surface area contributed by atoms with Crippen molar-refractivity contribution in [1.82, 2.24) is 10.3 Å². The Labute approximate surface area is 177 Å². The van der Waals surface area contributed by atoms with Crippen LogP contribution in [0.5, 0.6) is 0 Å². The second kappa shape index (κ2) is 7.76. The summed E-state index contributed by atoms with van der Waals surface area (Å²) in [5, 5.41) is 5.06. The molecule has 2 aromatic carbocycles. The number of hydrogen-bond acceptors (Lipinski definition) is 4. The van der Waals surface area contributed by atoms with Gasteiger partial charge in [0, 0.05) is 30.9 Å². The van der Waals surface area contributed by atoms with Crippen molar-refractivity contribution in [3.8, 4) is 0 Å². The van der Waals surface area contributed by atoms with Gasteiger partial charge in [0.05, 0.1) is 17.6 Å². The normalized spacial score (nSPS) is 23.0. The topological polar surface area (TPSA) is 64.7 Å². The van der Waals surface area contributed by atoms with Crippen molar-refractivity contribution in [3.63, 3.8) is 0 Å². The van der Waals surface area contributed by atoms with Crippen LogP contribution in [0.1, 0.15) is 53.7 Å². The fraction of sp³-hybridized carbons (Fsp3) is 0.417. The Hall–Kier alpha value is -2.86. The molecule has 2 aromatic rings. The number of aryl methyl sites for hydroxylation is 1. The van der Waals surface area contributed by atoms with Crippen LogP contribution in [-0.2, 0) is 11.2 Å². The molecule has 30 heavy (non-hydrogen) atoms. The molecule has 0 bridgehead atoms. The molecule has 156 valence electrons. The van der Waals surface area contributed by atoms with Crippen molar-refractivity contribution in [2.45, 2.75) is 38.6 Å². The molecule has 2 saturated heterocycles. The van der Waals surface area contributed by atoms with Gasteiger partial charge in [0.25, 0.3) is 5.91 Å². The van der Waals surface area contributed by atoms with E-state index in [0.29, 0.717) is 12.1 Å². The lowest BCUT2D eigenvalue weighted by Gasteiger charge is -2.29. The molecule has 0 aromatic heterocycles. The number of benzene rings is 2. The average molecular weight is 405 g/mol. The fourth-order valence-corrected chi connectivity index (χ4v) is 4.79. The molecule has 3 heterocycles. The van der Waals surface area contributed by atoms with Gasteiger partial charge in [0.2, 0.25) is 5.91 Å². The number of nitrogens with one attached hydrogen (secondary N) is 2. The van der Waals surface area contributed by atoms with Crippen LogP contribution in [0.4, 0.5) is 11.4 Å². The first-order valence-corrected chi connectivity index (χ1v) is 11.0. The second-order valence-electron chi connectivity index (χ2n) is 8.44. The predicted octanol–water partition coefficient (Wildman–Crippen LogP) is 3.51. The van der Waals surface area contributed by atoms with E-state index < -0.39 is 0 Å². The Morgan fingerprint density at radius 3 is 2.57 bits per heavy atom. The number of likely N-dealkylation sites (tertiary alicyclic amines) is 1. The van der Waals surface area contributed by atoms with Gasteiger partial charge in [-0.2, -0.15) is 0 Å². The van der Waals surface area contributed by atoms with Gasteiger partial charge in [-0.3, -0.25) is 9.59 Å². The van der Waals surface area contributed by atoms with Crippen molar-refractivity contribution in [1.29, 1.82) is 0 Å². The lowest BCUT2D eigenvalue weighted by molar-refractivity contribution is -0.120. The highest BCUT2D eigenvalue weighted by Crippen LogP contribution is 2.40. The minimum absolute atomic E-state index is 0.0650. The average Bonchev–Trinajstić information content (AvgIpc) is 3.15. The van der Waals surface area contributed by atoms with Gasteiger partial charge in [0.15, 0.2) is 0 Å². The number of hydrazine groups is 1. The summed E-state index contributed by atoms with van der Waals surface area (Å²) in [6.45, 7) is 4.37. The van der Waals surface area contributed by atoms with Gasteiger partial charge in [-0.05, 0) is 67.1 Å². The maximum Gasteiger partial charge on any atom is 0.253 e. The molecule has 3 aliphatic heterocycles. The molecule has 2 atom stereocenters. The zero-order chi connectivity index (χ0) is 20.7. The van der Waals surface area contributed by atoms with E-state index >= 15 is 0 Å². The summed E-state index contributed by atoms with van der Waals surface area (Å²) in [5.41, 5.74) is 8.22. The highest BCUT2D eigenvalue weighted by molar-refractivity contribution is 5.99. The number of hydrogen-bond donors (Lipinski definition) is 2. The molecule has 2 N–H and O–H groups in total. The summed E-state index contributed by atoms with van der Waals surface area (Å²) in [6, 6.07) is 13.8. The Morgan fingerprint density at radius 2 is 1.83 bits per heavy atom. The van der Waals surface area contributed by atoms with E-state index in [9.17, 15) is 9.59 Å². The van der Waals surface area contributed by atoms with Gasteiger partial charge in [0.1, 0.15) is 0 Å². The smallest absolute Gasteiger partial charge is 0.253 e. The van der Waals surface area contributed by atoms with E-state index in [-0.39, 0.29) is 23.8 Å². The lowest BCUT2D eigenvalue weighted by atomic mass is 9.88. The third-order valence-corrected chi connectivity index (χ3v) is 6.60. The zero-order valence-corrected chi connectivity index (χ0v) is 17.4. The number of carbonyl (C=O) groups is 2. The number of amides is 2. The molecule has 2 amide bonds. The number of anilines is 2. The summed E-state index contributed by atoms with van der Waals surface area (Å²) in [7, 11) is 0. The minimum atomic E-state index is -0.191. The molecule has 3 aliphatic rings. The third kappa shape index (κ3) is 3.25. The van der Waals surface area contributed by atoms with Crippen LogP contribution >= 0.6 is 0 Å². The van der Waals surface area contributed by atoms with E-state index in [2.05, 4.69) is 29.8 Å². The molecular formula is C24H28N4O2. The number of rotatable bonds is 3. The van der Waals surface area contributed by atoms with Gasteiger partial charge >= 0.3 is 0 Å². The van der Waals surface area contributed by atoms with Gasteiger partial charge in [-0.25, -0.2) is 10.4 Å². The van der Waals surface area contributed by atoms with Crippen molar-refractivity contribution in [2.75, 3.05) is 30.0 Å². The summed E-state index contributed by atoms with van der Waals surface area (Å²) in [4.78, 5) is 28.1. The SMILES string of the molecule is CCc1ccc(N2NC3c4cc(C(=O)N5CCCCC5)ccc4NCC3C2=O)cc1. The summed E-state index contributed by atoms with van der Waals surface area (Å²) >= 11 is 0. The summed E-state index contributed by atoms with van der Waals surface area (Å²) in [6.07, 6.45) is 4.32. The summed E-state index contributed by atoms with van der Waals surface area (Å²) in [5.74, 6) is -0.0326. The second-order valence-corrected chi connectivity index (χ2v) is 8.44. The van der Waals surface area contributed by atoms with Crippen LogP contribution in [0.3, 0.4) is 0 Å². The van der Waals surface area contributed by atoms with Crippen molar-refractivity contribution in [2.24, 2.45) is 5.92 Å². The molecule has 6 nitrogen and oxygen atoms in total. The van der Waals surface area contributed by atoms with Gasteiger partial charge in [-0.1, -0.05) is 19.1 Å². The Morgan fingerprint density at radius 1 is 1.07 bits per heavy atom. The number of piperidine rings is 1. The standard InChI is InChI=1S/C24H28N4O2/c1-2-16-6-9-18(10-7-16)28-24(30)20-15-25-21-11-8-17(14-19(21)22(20)26-28)23(29)27-12-4-3-5-13-27/h6-11,14,20,22,25-26H,2-5,12-13,15H2,1H3. The van der Waals surface area contributed by atoms with E-state index in [1.165, 1.54) is 12.0 Å². The maximum atomic E-state index is 13.1. The van der Waals surface area contributed by atoms with Crippen LogP contribution in [-0.4, -0.2) is 36.3 Å². The zero-order valence-electron chi connectivity index (χ0n) is 17.4. The van der Waals surface area contributed by atoms with Crippen molar-refractivity contribution >= 4 is 23.2 Å². The first-order chi connectivity index (χ1) is 14.7. The van der Waals surface area contributed by atoms with Crippen LogP contribution in [0, 0.1) is 5.92 Å². The monoisotopic (exact) mass is 404 g/mol. The highest BCUT2D eigenvalue weighted by atomic mass is 16.2. The van der Waals surface area contributed by atoms with E-state index in [1.807, 2.05) is 35.2 Å². The lowest BCUT2D eigenvalue weighted by Crippen LogP contribution is -2.36.